The molecule has 4 N–H and O–H groups in total. The molecule has 0 bridgehead atoms. The number of ether oxygens (including phenoxy) is 1. The minimum Gasteiger partial charge on any atom is -0.492 e. The molecule has 0 spiro atoms. The maximum Gasteiger partial charge on any atom is 0.222 e. The van der Waals surface area contributed by atoms with Crippen LogP contribution in [0.15, 0.2) is 42.5 Å². The first-order valence-corrected chi connectivity index (χ1v) is 10.1. The number of rotatable bonds is 5. The Morgan fingerprint density at radius 2 is 1.64 bits per heavy atom. The highest BCUT2D eigenvalue weighted by molar-refractivity contribution is 6.30. The molecule has 2 aromatic carbocycles. The third kappa shape index (κ3) is 4.30. The second-order valence-corrected chi connectivity index (χ2v) is 8.08. The van der Waals surface area contributed by atoms with Crippen LogP contribution in [0.1, 0.15) is 31.2 Å². The highest BCUT2D eigenvalue weighted by Gasteiger charge is 2.22. The number of nitrogens with zero attached hydrogens (tertiary/aromatic N) is 2. The van der Waals surface area contributed by atoms with Crippen LogP contribution in [0, 0.1) is 11.8 Å². The van der Waals surface area contributed by atoms with Crippen LogP contribution >= 0.6 is 11.6 Å². The minimum absolute atomic E-state index is 0.182. The molecular formula is C22H25ClN4O. The predicted octanol–water partition coefficient (Wildman–Crippen LogP) is 4.88. The molecule has 0 aliphatic heterocycles. The largest absolute Gasteiger partial charge is 0.492 e. The summed E-state index contributed by atoms with van der Waals surface area (Å²) in [4.78, 5) is 8.31. The number of benzene rings is 2. The van der Waals surface area contributed by atoms with Gasteiger partial charge in [0.05, 0.1) is 17.5 Å². The predicted molar refractivity (Wildman–Crippen MR) is 114 cm³/mol. The van der Waals surface area contributed by atoms with Gasteiger partial charge in [-0.15, -0.1) is 0 Å². The summed E-state index contributed by atoms with van der Waals surface area (Å²) in [5.41, 5.74) is 13.8. The van der Waals surface area contributed by atoms with E-state index in [1.807, 2.05) is 30.3 Å². The average Bonchev–Trinajstić information content (AvgIpc) is 2.69. The van der Waals surface area contributed by atoms with Crippen LogP contribution in [-0.2, 0) is 6.42 Å². The Balaban J connectivity index is 1.33. The zero-order chi connectivity index (χ0) is 19.5. The Bertz CT molecular complexity index is 953. The molecule has 1 fully saturated rings. The number of hydrogen-bond donors (Lipinski definition) is 2. The lowest BCUT2D eigenvalue weighted by atomic mass is 9.79. The SMILES string of the molecule is Nc1nc(N)c2c(OCC3CCC(Cc4ccc(Cl)cc4)CC3)cccc2n1. The summed E-state index contributed by atoms with van der Waals surface area (Å²) >= 11 is 5.98. The summed E-state index contributed by atoms with van der Waals surface area (Å²) in [6.45, 7) is 0.691. The van der Waals surface area contributed by atoms with E-state index in [-0.39, 0.29) is 5.95 Å². The van der Waals surface area contributed by atoms with Gasteiger partial charge in [-0.1, -0.05) is 29.8 Å². The smallest absolute Gasteiger partial charge is 0.222 e. The van der Waals surface area contributed by atoms with Gasteiger partial charge in [0.1, 0.15) is 11.6 Å². The third-order valence-electron chi connectivity index (χ3n) is 5.61. The standard InChI is InChI=1S/C22H25ClN4O/c23-17-10-8-15(9-11-17)12-14-4-6-16(7-5-14)13-28-19-3-1-2-18-20(19)21(24)27-22(25)26-18/h1-3,8-11,14,16H,4-7,12-13H2,(H4,24,25,26,27). The molecular weight excluding hydrogens is 372 g/mol. The van der Waals surface area contributed by atoms with Gasteiger partial charge in [0.25, 0.3) is 0 Å². The van der Waals surface area contributed by atoms with Crippen LogP contribution in [0.3, 0.4) is 0 Å². The van der Waals surface area contributed by atoms with Gasteiger partial charge in [-0.05, 0) is 73.8 Å². The molecule has 6 heteroatoms. The van der Waals surface area contributed by atoms with Crippen LogP contribution in [0.2, 0.25) is 5.02 Å². The second-order valence-electron chi connectivity index (χ2n) is 7.65. The van der Waals surface area contributed by atoms with E-state index in [2.05, 4.69) is 22.1 Å². The lowest BCUT2D eigenvalue weighted by molar-refractivity contribution is 0.184. The van der Waals surface area contributed by atoms with Crippen LogP contribution in [0.4, 0.5) is 11.8 Å². The van der Waals surface area contributed by atoms with Gasteiger partial charge in [-0.2, -0.15) is 4.98 Å². The van der Waals surface area contributed by atoms with Gasteiger partial charge < -0.3 is 16.2 Å². The van der Waals surface area contributed by atoms with E-state index >= 15 is 0 Å². The quantitative estimate of drug-likeness (QED) is 0.642. The van der Waals surface area contributed by atoms with Gasteiger partial charge in [-0.3, -0.25) is 0 Å². The van der Waals surface area contributed by atoms with Gasteiger partial charge in [0.15, 0.2) is 0 Å². The molecule has 0 radical (unpaired) electrons. The van der Waals surface area contributed by atoms with Crippen molar-refractivity contribution in [2.75, 3.05) is 18.1 Å². The van der Waals surface area contributed by atoms with E-state index in [9.17, 15) is 0 Å². The number of nitrogen functional groups attached to an aromatic ring is 2. The molecule has 0 amide bonds. The number of nitrogens with two attached hydrogens (primary N) is 2. The normalized spacial score (nSPS) is 19.6. The highest BCUT2D eigenvalue weighted by Crippen LogP contribution is 2.33. The summed E-state index contributed by atoms with van der Waals surface area (Å²) in [7, 11) is 0. The highest BCUT2D eigenvalue weighted by atomic mass is 35.5. The summed E-state index contributed by atoms with van der Waals surface area (Å²) in [5.74, 6) is 2.58. The van der Waals surface area contributed by atoms with E-state index < -0.39 is 0 Å². The molecule has 0 unspecified atom stereocenters. The van der Waals surface area contributed by atoms with Crippen molar-refractivity contribution in [1.82, 2.24) is 9.97 Å². The topological polar surface area (TPSA) is 87.0 Å². The number of fused-ring (bicyclic) bond motifs is 1. The van der Waals surface area contributed by atoms with Crippen molar-refractivity contribution in [1.29, 1.82) is 0 Å². The molecule has 1 saturated carbocycles. The van der Waals surface area contributed by atoms with Crippen molar-refractivity contribution >= 4 is 34.3 Å². The first-order chi connectivity index (χ1) is 13.6. The lowest BCUT2D eigenvalue weighted by Gasteiger charge is -2.28. The van der Waals surface area contributed by atoms with Crippen LogP contribution in [-0.4, -0.2) is 16.6 Å². The van der Waals surface area contributed by atoms with Gasteiger partial charge in [0, 0.05) is 5.02 Å². The van der Waals surface area contributed by atoms with Crippen LogP contribution in [0.25, 0.3) is 10.9 Å². The lowest BCUT2D eigenvalue weighted by Crippen LogP contribution is -2.21. The molecule has 0 saturated heterocycles. The monoisotopic (exact) mass is 396 g/mol. The molecule has 4 rings (SSSR count). The van der Waals surface area contributed by atoms with Crippen LogP contribution in [0.5, 0.6) is 5.75 Å². The maximum atomic E-state index is 6.13. The first-order valence-electron chi connectivity index (χ1n) is 9.77. The Kier molecular flexibility index (Phi) is 5.53. The second kappa shape index (κ2) is 8.23. The molecule has 1 aliphatic carbocycles. The van der Waals surface area contributed by atoms with Gasteiger partial charge in [-0.25, -0.2) is 4.98 Å². The summed E-state index contributed by atoms with van der Waals surface area (Å²) in [6, 6.07) is 13.9. The zero-order valence-corrected chi connectivity index (χ0v) is 16.5. The molecule has 1 aromatic heterocycles. The summed E-state index contributed by atoms with van der Waals surface area (Å²) < 4.78 is 6.13. The van der Waals surface area contributed by atoms with Crippen molar-refractivity contribution in [2.24, 2.45) is 11.8 Å². The van der Waals surface area contributed by atoms with E-state index in [0.717, 1.165) is 28.5 Å². The Hall–Kier alpha value is -2.53. The molecule has 28 heavy (non-hydrogen) atoms. The van der Waals surface area contributed by atoms with Crippen molar-refractivity contribution in [3.8, 4) is 5.75 Å². The van der Waals surface area contributed by atoms with Crippen molar-refractivity contribution in [3.05, 3.63) is 53.1 Å². The number of halogens is 1. The Morgan fingerprint density at radius 3 is 2.39 bits per heavy atom. The van der Waals surface area contributed by atoms with Gasteiger partial charge >= 0.3 is 0 Å². The number of anilines is 2. The molecule has 146 valence electrons. The number of hydrogen-bond acceptors (Lipinski definition) is 5. The van der Waals surface area contributed by atoms with Crippen molar-refractivity contribution in [3.63, 3.8) is 0 Å². The molecule has 0 atom stereocenters. The van der Waals surface area contributed by atoms with Crippen molar-refractivity contribution in [2.45, 2.75) is 32.1 Å². The zero-order valence-electron chi connectivity index (χ0n) is 15.8. The molecule has 1 aliphatic rings. The molecule has 3 aromatic rings. The fourth-order valence-corrected chi connectivity index (χ4v) is 4.21. The van der Waals surface area contributed by atoms with E-state index in [0.29, 0.717) is 23.9 Å². The van der Waals surface area contributed by atoms with Crippen LogP contribution < -0.4 is 16.2 Å². The van der Waals surface area contributed by atoms with E-state index in [1.165, 1.54) is 31.2 Å². The third-order valence-corrected chi connectivity index (χ3v) is 5.86. The van der Waals surface area contributed by atoms with Gasteiger partial charge in [0.2, 0.25) is 5.95 Å². The molecule has 1 heterocycles. The van der Waals surface area contributed by atoms with Crippen molar-refractivity contribution < 1.29 is 4.74 Å². The average molecular weight is 397 g/mol. The van der Waals surface area contributed by atoms with E-state index in [4.69, 9.17) is 27.8 Å². The molecule has 5 nitrogen and oxygen atoms in total. The maximum absolute atomic E-state index is 6.13. The Morgan fingerprint density at radius 1 is 0.929 bits per heavy atom. The fourth-order valence-electron chi connectivity index (χ4n) is 4.08. The number of aromatic nitrogens is 2. The minimum atomic E-state index is 0.182. The Labute approximate surface area is 170 Å². The van der Waals surface area contributed by atoms with E-state index in [1.54, 1.807) is 0 Å². The fraction of sp³-hybridized carbons (Fsp3) is 0.364. The first kappa shape index (κ1) is 18.8. The summed E-state index contributed by atoms with van der Waals surface area (Å²) in [5, 5.41) is 1.54. The summed E-state index contributed by atoms with van der Waals surface area (Å²) in [6.07, 6.45) is 5.95.